The number of morpholine rings is 1. The summed E-state index contributed by atoms with van der Waals surface area (Å²) < 4.78 is 11.0. The van der Waals surface area contributed by atoms with Crippen LogP contribution in [0.15, 0.2) is 24.5 Å². The number of rotatable bonds is 5. The van der Waals surface area contributed by atoms with Gasteiger partial charge in [0.05, 0.1) is 25.4 Å². The van der Waals surface area contributed by atoms with Crippen molar-refractivity contribution in [3.63, 3.8) is 0 Å². The normalized spacial score (nSPS) is 24.1. The quantitative estimate of drug-likeness (QED) is 0.861. The minimum Gasteiger partial charge on any atom is -0.381 e. The Hall–Kier alpha value is -1.50. The van der Waals surface area contributed by atoms with Gasteiger partial charge in [0.25, 0.3) is 5.91 Å². The molecule has 0 aromatic carbocycles. The van der Waals surface area contributed by atoms with Gasteiger partial charge < -0.3 is 14.8 Å². The summed E-state index contributed by atoms with van der Waals surface area (Å²) >= 11 is 0. The molecule has 0 bridgehead atoms. The molecule has 1 N–H and O–H groups in total. The molecule has 6 nitrogen and oxygen atoms in total. The highest BCUT2D eigenvalue weighted by Crippen LogP contribution is 2.21. The number of nitrogens with one attached hydrogen (secondary N) is 1. The van der Waals surface area contributed by atoms with E-state index in [-0.39, 0.29) is 5.91 Å². The van der Waals surface area contributed by atoms with Gasteiger partial charge >= 0.3 is 0 Å². The van der Waals surface area contributed by atoms with Gasteiger partial charge in [-0.15, -0.1) is 0 Å². The molecule has 22 heavy (non-hydrogen) atoms. The van der Waals surface area contributed by atoms with Crippen LogP contribution in [0.2, 0.25) is 0 Å². The Morgan fingerprint density at radius 2 is 2.23 bits per heavy atom. The molecule has 1 aromatic rings. The predicted molar refractivity (Wildman–Crippen MR) is 81.7 cm³/mol. The van der Waals surface area contributed by atoms with E-state index in [9.17, 15) is 4.79 Å². The lowest BCUT2D eigenvalue weighted by Gasteiger charge is -2.37. The first-order chi connectivity index (χ1) is 10.8. The third kappa shape index (κ3) is 3.82. The molecule has 0 unspecified atom stereocenters. The summed E-state index contributed by atoms with van der Waals surface area (Å²) in [5.41, 5.74) is 0.603. The third-order valence-corrected chi connectivity index (χ3v) is 4.42. The fraction of sp³-hybridized carbons (Fsp3) is 0.625. The van der Waals surface area contributed by atoms with Crippen molar-refractivity contribution in [2.75, 3.05) is 46.1 Å². The standard InChI is InChI=1S/C16H23N3O3/c20-16(13-2-1-4-17-10-13)18-11-15(14-3-7-22-12-14)19-5-8-21-9-6-19/h1-2,4,10,14-15H,3,5-9,11-12H2,(H,18,20)/t14-,15+/m1/s1. The second-order valence-corrected chi connectivity index (χ2v) is 5.79. The SMILES string of the molecule is O=C(NC[C@@H]([C@@H]1CCOC1)N1CCOCC1)c1cccnc1. The van der Waals surface area contributed by atoms with Gasteiger partial charge in [0.1, 0.15) is 0 Å². The minimum absolute atomic E-state index is 0.0646. The maximum absolute atomic E-state index is 12.2. The number of hydrogen-bond donors (Lipinski definition) is 1. The summed E-state index contributed by atoms with van der Waals surface area (Å²) in [6, 6.07) is 3.87. The molecule has 0 spiro atoms. The molecular weight excluding hydrogens is 282 g/mol. The number of hydrogen-bond acceptors (Lipinski definition) is 5. The predicted octanol–water partition coefficient (Wildman–Crippen LogP) is 0.549. The van der Waals surface area contributed by atoms with Gasteiger partial charge in [-0.2, -0.15) is 0 Å². The zero-order chi connectivity index (χ0) is 15.2. The van der Waals surface area contributed by atoms with Crippen LogP contribution >= 0.6 is 0 Å². The molecule has 0 radical (unpaired) electrons. The van der Waals surface area contributed by atoms with Crippen molar-refractivity contribution in [2.45, 2.75) is 12.5 Å². The van der Waals surface area contributed by atoms with E-state index < -0.39 is 0 Å². The molecule has 2 fully saturated rings. The number of carbonyl (C=O) groups is 1. The number of aromatic nitrogens is 1. The van der Waals surface area contributed by atoms with Crippen LogP contribution in [0.5, 0.6) is 0 Å². The number of ether oxygens (including phenoxy) is 2. The molecule has 3 heterocycles. The van der Waals surface area contributed by atoms with Crippen molar-refractivity contribution < 1.29 is 14.3 Å². The van der Waals surface area contributed by atoms with Crippen LogP contribution in [-0.4, -0.2) is 67.9 Å². The number of nitrogens with zero attached hydrogens (tertiary/aromatic N) is 2. The summed E-state index contributed by atoms with van der Waals surface area (Å²) in [6.07, 6.45) is 4.33. The van der Waals surface area contributed by atoms with Crippen molar-refractivity contribution in [2.24, 2.45) is 5.92 Å². The Labute approximate surface area is 130 Å². The second kappa shape index (κ2) is 7.67. The summed E-state index contributed by atoms with van der Waals surface area (Å²) in [6.45, 7) is 5.61. The lowest BCUT2D eigenvalue weighted by molar-refractivity contribution is 0.00166. The van der Waals surface area contributed by atoms with E-state index in [0.29, 0.717) is 24.1 Å². The van der Waals surface area contributed by atoms with Crippen LogP contribution in [0, 0.1) is 5.92 Å². The fourth-order valence-electron chi connectivity index (χ4n) is 3.16. The zero-order valence-electron chi connectivity index (χ0n) is 12.7. The summed E-state index contributed by atoms with van der Waals surface area (Å²) in [4.78, 5) is 18.6. The highest BCUT2D eigenvalue weighted by atomic mass is 16.5. The minimum atomic E-state index is -0.0646. The first-order valence-electron chi connectivity index (χ1n) is 7.92. The van der Waals surface area contributed by atoms with Gasteiger partial charge in [0.15, 0.2) is 0 Å². The van der Waals surface area contributed by atoms with E-state index in [1.54, 1.807) is 24.5 Å². The van der Waals surface area contributed by atoms with Crippen molar-refractivity contribution >= 4 is 5.91 Å². The number of pyridine rings is 1. The van der Waals surface area contributed by atoms with Crippen molar-refractivity contribution in [1.29, 1.82) is 0 Å². The average Bonchev–Trinajstić information content (AvgIpc) is 3.11. The molecule has 1 aromatic heterocycles. The Bertz CT molecular complexity index is 471. The highest BCUT2D eigenvalue weighted by Gasteiger charge is 2.31. The van der Waals surface area contributed by atoms with E-state index in [1.807, 2.05) is 0 Å². The van der Waals surface area contributed by atoms with Gasteiger partial charge in [-0.05, 0) is 18.6 Å². The molecule has 120 valence electrons. The molecular formula is C16H23N3O3. The number of amides is 1. The van der Waals surface area contributed by atoms with E-state index in [0.717, 1.165) is 45.9 Å². The molecule has 6 heteroatoms. The van der Waals surface area contributed by atoms with Gasteiger partial charge in [0, 0.05) is 50.6 Å². The van der Waals surface area contributed by atoms with Crippen LogP contribution in [0.25, 0.3) is 0 Å². The van der Waals surface area contributed by atoms with Gasteiger partial charge in [-0.3, -0.25) is 14.7 Å². The first kappa shape index (κ1) is 15.4. The van der Waals surface area contributed by atoms with Crippen LogP contribution in [0.4, 0.5) is 0 Å². The third-order valence-electron chi connectivity index (χ3n) is 4.42. The average molecular weight is 305 g/mol. The molecule has 2 saturated heterocycles. The highest BCUT2D eigenvalue weighted by molar-refractivity contribution is 5.93. The molecule has 2 atom stereocenters. The van der Waals surface area contributed by atoms with E-state index in [4.69, 9.17) is 9.47 Å². The Morgan fingerprint density at radius 3 is 2.91 bits per heavy atom. The van der Waals surface area contributed by atoms with Crippen LogP contribution < -0.4 is 5.32 Å². The van der Waals surface area contributed by atoms with Gasteiger partial charge in [-0.1, -0.05) is 0 Å². The summed E-state index contributed by atoms with van der Waals surface area (Å²) in [5.74, 6) is 0.414. The van der Waals surface area contributed by atoms with Crippen molar-refractivity contribution in [3.05, 3.63) is 30.1 Å². The maximum Gasteiger partial charge on any atom is 0.252 e. The molecule has 0 aliphatic carbocycles. The monoisotopic (exact) mass is 305 g/mol. The topological polar surface area (TPSA) is 63.7 Å². The van der Waals surface area contributed by atoms with E-state index in [1.165, 1.54) is 0 Å². The molecule has 2 aliphatic heterocycles. The second-order valence-electron chi connectivity index (χ2n) is 5.79. The van der Waals surface area contributed by atoms with Gasteiger partial charge in [-0.25, -0.2) is 0 Å². The smallest absolute Gasteiger partial charge is 0.252 e. The van der Waals surface area contributed by atoms with Crippen LogP contribution in [0.3, 0.4) is 0 Å². The fourth-order valence-corrected chi connectivity index (χ4v) is 3.16. The van der Waals surface area contributed by atoms with Gasteiger partial charge in [0.2, 0.25) is 0 Å². The van der Waals surface area contributed by atoms with Crippen LogP contribution in [0.1, 0.15) is 16.8 Å². The number of carbonyl (C=O) groups excluding carboxylic acids is 1. The Morgan fingerprint density at radius 1 is 1.36 bits per heavy atom. The molecule has 3 rings (SSSR count). The molecule has 2 aliphatic rings. The van der Waals surface area contributed by atoms with Crippen molar-refractivity contribution in [3.8, 4) is 0 Å². The maximum atomic E-state index is 12.2. The lowest BCUT2D eigenvalue weighted by atomic mass is 9.96. The molecule has 1 amide bonds. The Balaban J connectivity index is 1.60. The first-order valence-corrected chi connectivity index (χ1v) is 7.92. The molecule has 0 saturated carbocycles. The van der Waals surface area contributed by atoms with E-state index >= 15 is 0 Å². The van der Waals surface area contributed by atoms with E-state index in [2.05, 4.69) is 15.2 Å². The zero-order valence-corrected chi connectivity index (χ0v) is 12.7. The lowest BCUT2D eigenvalue weighted by Crippen LogP contribution is -2.52. The van der Waals surface area contributed by atoms with Crippen LogP contribution in [-0.2, 0) is 9.47 Å². The summed E-state index contributed by atoms with van der Waals surface area (Å²) in [5, 5.41) is 3.06. The largest absolute Gasteiger partial charge is 0.381 e. The summed E-state index contributed by atoms with van der Waals surface area (Å²) in [7, 11) is 0. The Kier molecular flexibility index (Phi) is 5.37. The van der Waals surface area contributed by atoms with Crippen molar-refractivity contribution in [1.82, 2.24) is 15.2 Å².